The van der Waals surface area contributed by atoms with Gasteiger partial charge in [0.05, 0.1) is 18.6 Å². The third kappa shape index (κ3) is 3.62. The molecule has 1 N–H and O–H groups in total. The van der Waals surface area contributed by atoms with E-state index in [9.17, 15) is 5.11 Å². The average Bonchev–Trinajstić information content (AvgIpc) is 3.30. The molecule has 0 spiro atoms. The van der Waals surface area contributed by atoms with Crippen LogP contribution in [0, 0.1) is 6.92 Å². The molecule has 2 fully saturated rings. The molecule has 1 aliphatic heterocycles. The Bertz CT molecular complexity index is 697. The van der Waals surface area contributed by atoms with E-state index in [1.54, 1.807) is 0 Å². The van der Waals surface area contributed by atoms with E-state index in [-0.39, 0.29) is 0 Å². The summed E-state index contributed by atoms with van der Waals surface area (Å²) in [7, 11) is 0. The zero-order valence-corrected chi connectivity index (χ0v) is 14.0. The number of aliphatic hydroxyl groups is 1. The van der Waals surface area contributed by atoms with Crippen molar-refractivity contribution in [2.45, 2.75) is 57.1 Å². The van der Waals surface area contributed by atoms with Crippen LogP contribution in [0.3, 0.4) is 0 Å². The van der Waals surface area contributed by atoms with E-state index < -0.39 is 5.60 Å². The van der Waals surface area contributed by atoms with Gasteiger partial charge < -0.3 is 9.63 Å². The summed E-state index contributed by atoms with van der Waals surface area (Å²) in [6.45, 7) is 4.14. The number of aryl methyl sites for hydroxylation is 1. The molecule has 24 heavy (non-hydrogen) atoms. The molecule has 1 atom stereocenters. The number of hydrogen-bond acceptors (Lipinski definition) is 7. The molecule has 7 nitrogen and oxygen atoms in total. The Morgan fingerprint density at radius 3 is 2.88 bits per heavy atom. The van der Waals surface area contributed by atoms with Gasteiger partial charge in [-0.15, -0.1) is 0 Å². The molecule has 0 aromatic carbocycles. The monoisotopic (exact) mass is 329 g/mol. The summed E-state index contributed by atoms with van der Waals surface area (Å²) in [6, 6.07) is 0. The molecular weight excluding hydrogens is 306 g/mol. The van der Waals surface area contributed by atoms with Gasteiger partial charge in [0, 0.05) is 24.9 Å². The second-order valence-electron chi connectivity index (χ2n) is 7.21. The van der Waals surface area contributed by atoms with Crippen LogP contribution in [0.4, 0.5) is 0 Å². The summed E-state index contributed by atoms with van der Waals surface area (Å²) in [5.74, 6) is 2.61. The second-order valence-corrected chi connectivity index (χ2v) is 7.21. The third-order valence-corrected chi connectivity index (χ3v) is 4.74. The minimum absolute atomic E-state index is 0.415. The third-order valence-electron chi connectivity index (χ3n) is 4.74. The molecule has 1 saturated heterocycles. The van der Waals surface area contributed by atoms with Crippen LogP contribution >= 0.6 is 0 Å². The van der Waals surface area contributed by atoms with Crippen molar-refractivity contribution in [3.05, 3.63) is 35.5 Å². The highest BCUT2D eigenvalue weighted by atomic mass is 16.5. The number of β-amino-alcohol motifs (C(OH)–C–C–N with tert-alkyl or cyclic N) is 1. The van der Waals surface area contributed by atoms with Crippen LogP contribution < -0.4 is 0 Å². The highest BCUT2D eigenvalue weighted by Gasteiger charge is 2.36. The number of hydrogen-bond donors (Lipinski definition) is 1. The fraction of sp³-hybridized carbons (Fsp3) is 0.647. The van der Waals surface area contributed by atoms with E-state index in [4.69, 9.17) is 4.52 Å². The van der Waals surface area contributed by atoms with Gasteiger partial charge in [0.25, 0.3) is 0 Å². The maximum atomic E-state index is 11.0. The van der Waals surface area contributed by atoms with Gasteiger partial charge in [-0.3, -0.25) is 4.90 Å². The van der Waals surface area contributed by atoms with Crippen LogP contribution in [0.25, 0.3) is 0 Å². The number of aromatic nitrogens is 4. The summed E-state index contributed by atoms with van der Waals surface area (Å²) >= 11 is 0. The standard InChI is InChI=1S/C17H23N5O2/c1-12-8-18-14(19-9-12)10-22-6-2-5-17(23,11-22)7-15-20-16(21-24-15)13-3-4-13/h8-9,13,23H,2-7,10-11H2,1H3. The minimum Gasteiger partial charge on any atom is -0.388 e. The first kappa shape index (κ1) is 15.7. The average molecular weight is 329 g/mol. The predicted octanol–water partition coefficient (Wildman–Crippen LogP) is 1.62. The Hall–Kier alpha value is -1.86. The first-order valence-corrected chi connectivity index (χ1v) is 8.64. The van der Waals surface area contributed by atoms with Gasteiger partial charge in [-0.25, -0.2) is 9.97 Å². The van der Waals surface area contributed by atoms with Crippen molar-refractivity contribution >= 4 is 0 Å². The topological polar surface area (TPSA) is 88.2 Å². The van der Waals surface area contributed by atoms with E-state index >= 15 is 0 Å². The summed E-state index contributed by atoms with van der Waals surface area (Å²) in [5.41, 5.74) is 0.229. The van der Waals surface area contributed by atoms with E-state index in [0.717, 1.165) is 49.4 Å². The SMILES string of the molecule is Cc1cnc(CN2CCCC(O)(Cc3nc(C4CC4)no3)C2)nc1. The molecule has 2 aromatic rings. The Balaban J connectivity index is 1.39. The first-order chi connectivity index (χ1) is 11.6. The van der Waals surface area contributed by atoms with Crippen molar-refractivity contribution in [2.24, 2.45) is 0 Å². The van der Waals surface area contributed by atoms with Gasteiger partial charge >= 0.3 is 0 Å². The van der Waals surface area contributed by atoms with Crippen molar-refractivity contribution in [2.75, 3.05) is 13.1 Å². The molecule has 1 saturated carbocycles. The molecule has 1 unspecified atom stereocenters. The molecule has 3 heterocycles. The molecule has 4 rings (SSSR count). The summed E-state index contributed by atoms with van der Waals surface area (Å²) in [4.78, 5) is 15.4. The number of piperidine rings is 1. The van der Waals surface area contributed by atoms with Gasteiger partial charge in [-0.2, -0.15) is 4.98 Å². The van der Waals surface area contributed by atoms with Crippen molar-refractivity contribution in [1.82, 2.24) is 25.0 Å². The maximum absolute atomic E-state index is 11.0. The van der Waals surface area contributed by atoms with Gasteiger partial charge in [0.1, 0.15) is 5.82 Å². The largest absolute Gasteiger partial charge is 0.388 e. The lowest BCUT2D eigenvalue weighted by atomic mass is 9.89. The lowest BCUT2D eigenvalue weighted by molar-refractivity contribution is -0.0379. The minimum atomic E-state index is -0.823. The molecule has 2 aromatic heterocycles. The smallest absolute Gasteiger partial charge is 0.229 e. The first-order valence-electron chi connectivity index (χ1n) is 8.64. The van der Waals surface area contributed by atoms with E-state index in [2.05, 4.69) is 25.0 Å². The van der Waals surface area contributed by atoms with Crippen molar-refractivity contribution < 1.29 is 9.63 Å². The van der Waals surface area contributed by atoms with Crippen LogP contribution in [0.5, 0.6) is 0 Å². The van der Waals surface area contributed by atoms with Gasteiger partial charge in [0.15, 0.2) is 5.82 Å². The van der Waals surface area contributed by atoms with Crippen molar-refractivity contribution in [3.8, 4) is 0 Å². The highest BCUT2D eigenvalue weighted by Crippen LogP contribution is 2.38. The predicted molar refractivity (Wildman–Crippen MR) is 86.2 cm³/mol. The molecule has 0 radical (unpaired) electrons. The van der Waals surface area contributed by atoms with Gasteiger partial charge in [0.2, 0.25) is 5.89 Å². The van der Waals surface area contributed by atoms with E-state index in [1.807, 2.05) is 19.3 Å². The fourth-order valence-electron chi connectivity index (χ4n) is 3.31. The molecule has 1 aliphatic carbocycles. The Labute approximate surface area is 141 Å². The summed E-state index contributed by atoms with van der Waals surface area (Å²) in [5, 5.41) is 15.0. The van der Waals surface area contributed by atoms with Gasteiger partial charge in [-0.05, 0) is 44.7 Å². The maximum Gasteiger partial charge on any atom is 0.229 e. The quantitative estimate of drug-likeness (QED) is 0.891. The summed E-state index contributed by atoms with van der Waals surface area (Å²) < 4.78 is 5.34. The molecule has 0 bridgehead atoms. The summed E-state index contributed by atoms with van der Waals surface area (Å²) in [6.07, 6.45) is 8.05. The Kier molecular flexibility index (Phi) is 4.05. The molecular formula is C17H23N5O2. The van der Waals surface area contributed by atoms with Crippen LogP contribution in [-0.2, 0) is 13.0 Å². The molecule has 0 amide bonds. The van der Waals surface area contributed by atoms with Gasteiger partial charge in [-0.1, -0.05) is 5.16 Å². The zero-order valence-electron chi connectivity index (χ0n) is 14.0. The fourth-order valence-corrected chi connectivity index (χ4v) is 3.31. The van der Waals surface area contributed by atoms with E-state index in [0.29, 0.717) is 31.3 Å². The lowest BCUT2D eigenvalue weighted by Crippen LogP contribution is -2.49. The second kappa shape index (κ2) is 6.22. The molecule has 128 valence electrons. The van der Waals surface area contributed by atoms with Crippen molar-refractivity contribution in [3.63, 3.8) is 0 Å². The highest BCUT2D eigenvalue weighted by molar-refractivity contribution is 5.06. The zero-order chi connectivity index (χ0) is 16.6. The Morgan fingerprint density at radius 1 is 1.33 bits per heavy atom. The lowest BCUT2D eigenvalue weighted by Gasteiger charge is -2.38. The number of likely N-dealkylation sites (tertiary alicyclic amines) is 1. The molecule has 7 heteroatoms. The van der Waals surface area contributed by atoms with Crippen LogP contribution in [0.2, 0.25) is 0 Å². The Morgan fingerprint density at radius 2 is 2.12 bits per heavy atom. The van der Waals surface area contributed by atoms with Crippen molar-refractivity contribution in [1.29, 1.82) is 0 Å². The van der Waals surface area contributed by atoms with Crippen LogP contribution in [-0.4, -0.2) is 48.8 Å². The normalized spacial score (nSPS) is 25.1. The number of rotatable bonds is 5. The van der Waals surface area contributed by atoms with Crippen LogP contribution in [0.1, 0.15) is 54.7 Å². The van der Waals surface area contributed by atoms with E-state index in [1.165, 1.54) is 0 Å². The van der Waals surface area contributed by atoms with Crippen LogP contribution in [0.15, 0.2) is 16.9 Å². The molecule has 2 aliphatic rings. The number of nitrogens with zero attached hydrogens (tertiary/aromatic N) is 5.